The van der Waals surface area contributed by atoms with Gasteiger partial charge in [-0.2, -0.15) is 0 Å². The average Bonchev–Trinajstić information content (AvgIpc) is 3.13. The predicted octanol–water partition coefficient (Wildman–Crippen LogP) is 2.49. The lowest BCUT2D eigenvalue weighted by atomic mass is 10.0. The van der Waals surface area contributed by atoms with Gasteiger partial charge >= 0.3 is 0 Å². The van der Waals surface area contributed by atoms with E-state index in [1.807, 2.05) is 6.07 Å². The van der Waals surface area contributed by atoms with Crippen LogP contribution < -0.4 is 5.32 Å². The molecule has 3 heteroatoms. The molecule has 1 atom stereocenters. The molecule has 2 fully saturated rings. The molecule has 0 radical (unpaired) electrons. The molecular formula is C16H22N2O. The van der Waals surface area contributed by atoms with E-state index in [2.05, 4.69) is 34.5 Å². The molecule has 1 heterocycles. The van der Waals surface area contributed by atoms with Gasteiger partial charge in [0.2, 0.25) is 5.91 Å². The summed E-state index contributed by atoms with van der Waals surface area (Å²) in [7, 11) is 0. The quantitative estimate of drug-likeness (QED) is 0.880. The third-order valence-electron chi connectivity index (χ3n) is 4.11. The van der Waals surface area contributed by atoms with Gasteiger partial charge in [0.25, 0.3) is 0 Å². The molecule has 19 heavy (non-hydrogen) atoms. The van der Waals surface area contributed by atoms with Crippen LogP contribution in [0.1, 0.15) is 43.7 Å². The van der Waals surface area contributed by atoms with Crippen LogP contribution in [-0.4, -0.2) is 29.9 Å². The number of hydrogen-bond donors (Lipinski definition) is 1. The summed E-state index contributed by atoms with van der Waals surface area (Å²) in [5.74, 6) is 0.305. The summed E-state index contributed by atoms with van der Waals surface area (Å²) >= 11 is 0. The summed E-state index contributed by atoms with van der Waals surface area (Å²) in [6, 6.07) is 11.4. The van der Waals surface area contributed by atoms with Crippen molar-refractivity contribution in [2.75, 3.05) is 13.1 Å². The van der Waals surface area contributed by atoms with E-state index >= 15 is 0 Å². The maximum absolute atomic E-state index is 12.3. The molecule has 0 spiro atoms. The molecule has 102 valence electrons. The number of nitrogens with zero attached hydrogens (tertiary/aromatic N) is 1. The minimum atomic E-state index is 0.301. The molecule has 1 unspecified atom stereocenters. The van der Waals surface area contributed by atoms with Gasteiger partial charge in [0.1, 0.15) is 0 Å². The summed E-state index contributed by atoms with van der Waals surface area (Å²) in [4.78, 5) is 14.4. The molecule has 1 aliphatic heterocycles. The van der Waals surface area contributed by atoms with Gasteiger partial charge in [0.05, 0.1) is 6.04 Å². The summed E-state index contributed by atoms with van der Waals surface area (Å²) in [6.07, 6.45) is 5.43. The molecule has 1 saturated carbocycles. The molecule has 3 nitrogen and oxygen atoms in total. The van der Waals surface area contributed by atoms with E-state index in [1.165, 1.54) is 18.4 Å². The molecule has 0 aromatic heterocycles. The number of rotatable bonds is 5. The zero-order valence-corrected chi connectivity index (χ0v) is 11.3. The van der Waals surface area contributed by atoms with Crippen molar-refractivity contribution in [1.29, 1.82) is 0 Å². The van der Waals surface area contributed by atoms with Crippen LogP contribution in [0, 0.1) is 0 Å². The second-order valence-electron chi connectivity index (χ2n) is 5.63. The highest BCUT2D eigenvalue weighted by Crippen LogP contribution is 2.32. The second-order valence-corrected chi connectivity index (χ2v) is 5.63. The molecule has 1 N–H and O–H groups in total. The zero-order chi connectivity index (χ0) is 13.1. The van der Waals surface area contributed by atoms with Gasteiger partial charge in [0.15, 0.2) is 0 Å². The first-order chi connectivity index (χ1) is 9.34. The van der Waals surface area contributed by atoms with E-state index in [1.54, 1.807) is 0 Å². The third kappa shape index (κ3) is 3.16. The van der Waals surface area contributed by atoms with E-state index < -0.39 is 0 Å². The first-order valence-corrected chi connectivity index (χ1v) is 7.42. The average molecular weight is 258 g/mol. The standard InChI is InChI=1S/C16H22N2O/c19-16(10-11-17-14-8-9-14)18-12-4-7-15(18)13-5-2-1-3-6-13/h1-3,5-6,14-15,17H,4,7-12H2. The third-order valence-corrected chi connectivity index (χ3v) is 4.11. The number of hydrogen-bond acceptors (Lipinski definition) is 2. The predicted molar refractivity (Wildman–Crippen MR) is 75.8 cm³/mol. The van der Waals surface area contributed by atoms with Crippen molar-refractivity contribution in [3.63, 3.8) is 0 Å². The van der Waals surface area contributed by atoms with Gasteiger partial charge in [-0.25, -0.2) is 0 Å². The Morgan fingerprint density at radius 3 is 2.74 bits per heavy atom. The van der Waals surface area contributed by atoms with Crippen LogP contribution in [0.25, 0.3) is 0 Å². The van der Waals surface area contributed by atoms with Gasteiger partial charge in [0, 0.05) is 25.6 Å². The van der Waals surface area contributed by atoms with Crippen molar-refractivity contribution in [2.24, 2.45) is 0 Å². The highest BCUT2D eigenvalue weighted by Gasteiger charge is 2.29. The van der Waals surface area contributed by atoms with Gasteiger partial charge in [-0.3, -0.25) is 4.79 Å². The van der Waals surface area contributed by atoms with Crippen molar-refractivity contribution >= 4 is 5.91 Å². The fourth-order valence-electron chi connectivity index (χ4n) is 2.90. The van der Waals surface area contributed by atoms with Crippen LogP contribution in [0.3, 0.4) is 0 Å². The number of likely N-dealkylation sites (tertiary alicyclic amines) is 1. The molecule has 1 saturated heterocycles. The van der Waals surface area contributed by atoms with Crippen LogP contribution in [0.5, 0.6) is 0 Å². The van der Waals surface area contributed by atoms with E-state index in [4.69, 9.17) is 0 Å². The minimum absolute atomic E-state index is 0.301. The van der Waals surface area contributed by atoms with Gasteiger partial charge in [-0.15, -0.1) is 0 Å². The normalized spacial score (nSPS) is 22.7. The van der Waals surface area contributed by atoms with Crippen molar-refractivity contribution in [3.8, 4) is 0 Å². The Labute approximate surface area is 115 Å². The number of amides is 1. The highest BCUT2D eigenvalue weighted by atomic mass is 16.2. The van der Waals surface area contributed by atoms with Crippen LogP contribution in [0.15, 0.2) is 30.3 Å². The van der Waals surface area contributed by atoms with Gasteiger partial charge in [-0.05, 0) is 31.2 Å². The summed E-state index contributed by atoms with van der Waals surface area (Å²) in [6.45, 7) is 1.75. The van der Waals surface area contributed by atoms with Gasteiger partial charge < -0.3 is 10.2 Å². The number of carbonyl (C=O) groups is 1. The lowest BCUT2D eigenvalue weighted by molar-refractivity contribution is -0.132. The molecule has 1 aromatic rings. The second kappa shape index (κ2) is 5.74. The van der Waals surface area contributed by atoms with Crippen LogP contribution in [-0.2, 0) is 4.79 Å². The lowest BCUT2D eigenvalue weighted by Gasteiger charge is -2.25. The Morgan fingerprint density at radius 1 is 1.21 bits per heavy atom. The lowest BCUT2D eigenvalue weighted by Crippen LogP contribution is -2.33. The van der Waals surface area contributed by atoms with E-state index in [9.17, 15) is 4.79 Å². The summed E-state index contributed by atoms with van der Waals surface area (Å²) < 4.78 is 0. The smallest absolute Gasteiger partial charge is 0.224 e. The zero-order valence-electron chi connectivity index (χ0n) is 11.3. The van der Waals surface area contributed by atoms with Crippen LogP contribution in [0.4, 0.5) is 0 Å². The number of carbonyl (C=O) groups excluding carboxylic acids is 1. The monoisotopic (exact) mass is 258 g/mol. The largest absolute Gasteiger partial charge is 0.336 e. The molecule has 1 aromatic carbocycles. The molecule has 2 aliphatic rings. The molecule has 0 bridgehead atoms. The Bertz CT molecular complexity index is 428. The summed E-state index contributed by atoms with van der Waals surface area (Å²) in [5, 5.41) is 3.42. The first-order valence-electron chi connectivity index (χ1n) is 7.42. The maximum atomic E-state index is 12.3. The molecular weight excluding hydrogens is 236 g/mol. The first kappa shape index (κ1) is 12.7. The number of benzene rings is 1. The molecule has 1 aliphatic carbocycles. The van der Waals surface area contributed by atoms with E-state index in [0.29, 0.717) is 24.4 Å². The minimum Gasteiger partial charge on any atom is -0.336 e. The Balaban J connectivity index is 1.57. The Hall–Kier alpha value is -1.35. The van der Waals surface area contributed by atoms with Crippen molar-refractivity contribution < 1.29 is 4.79 Å². The Morgan fingerprint density at radius 2 is 2.00 bits per heavy atom. The fourth-order valence-corrected chi connectivity index (χ4v) is 2.90. The fraction of sp³-hybridized carbons (Fsp3) is 0.562. The molecule has 3 rings (SSSR count). The SMILES string of the molecule is O=C(CCNC1CC1)N1CCCC1c1ccccc1. The van der Waals surface area contributed by atoms with Crippen molar-refractivity contribution in [2.45, 2.75) is 44.2 Å². The molecule has 1 amide bonds. The topological polar surface area (TPSA) is 32.3 Å². The number of nitrogens with one attached hydrogen (secondary N) is 1. The maximum Gasteiger partial charge on any atom is 0.224 e. The van der Waals surface area contributed by atoms with E-state index in [-0.39, 0.29) is 0 Å². The summed E-state index contributed by atoms with van der Waals surface area (Å²) in [5.41, 5.74) is 1.28. The highest BCUT2D eigenvalue weighted by molar-refractivity contribution is 5.77. The van der Waals surface area contributed by atoms with Crippen molar-refractivity contribution in [3.05, 3.63) is 35.9 Å². The van der Waals surface area contributed by atoms with E-state index in [0.717, 1.165) is 25.9 Å². The van der Waals surface area contributed by atoms with Gasteiger partial charge in [-0.1, -0.05) is 30.3 Å². The van der Waals surface area contributed by atoms with Crippen LogP contribution in [0.2, 0.25) is 0 Å². The van der Waals surface area contributed by atoms with Crippen LogP contribution >= 0.6 is 0 Å². The Kier molecular flexibility index (Phi) is 3.83. The van der Waals surface area contributed by atoms with Crippen molar-refractivity contribution in [1.82, 2.24) is 10.2 Å².